The Morgan fingerprint density at radius 1 is 1.20 bits per heavy atom. The van der Waals surface area contributed by atoms with Gasteiger partial charge in [0.15, 0.2) is 17.1 Å². The van der Waals surface area contributed by atoms with Crippen LogP contribution in [0.5, 0.6) is 5.75 Å². The third-order valence-corrected chi connectivity index (χ3v) is 4.46. The van der Waals surface area contributed by atoms with Crippen molar-refractivity contribution in [2.75, 3.05) is 7.05 Å². The molecule has 6 nitrogen and oxygen atoms in total. The lowest BCUT2D eigenvalue weighted by Gasteiger charge is -2.37. The molecule has 2 amide bonds. The minimum Gasteiger partial charge on any atom is -0.508 e. The third-order valence-electron chi connectivity index (χ3n) is 4.46. The molecule has 3 rings (SSSR count). The van der Waals surface area contributed by atoms with Gasteiger partial charge in [-0.2, -0.15) is 0 Å². The molecule has 1 aliphatic rings. The van der Waals surface area contributed by atoms with Crippen molar-refractivity contribution in [2.24, 2.45) is 5.73 Å². The minimum absolute atomic E-state index is 0.0212. The SMILES string of the molecule is CC1=C(C(N)=O)C(=O)[N+](c2ccccc2)(c2ccc(O)cc2F)N1C. The number of nitrogens with two attached hydrogens (primary N) is 1. The largest absolute Gasteiger partial charge is 0.508 e. The molecule has 0 aromatic heterocycles. The summed E-state index contributed by atoms with van der Waals surface area (Å²) in [5, 5.41) is 11.0. The van der Waals surface area contributed by atoms with Crippen molar-refractivity contribution in [2.45, 2.75) is 6.92 Å². The highest BCUT2D eigenvalue weighted by Gasteiger charge is 2.57. The highest BCUT2D eigenvalue weighted by molar-refractivity contribution is 6.24. The van der Waals surface area contributed by atoms with Crippen LogP contribution in [0.3, 0.4) is 0 Å². The van der Waals surface area contributed by atoms with Gasteiger partial charge in [-0.25, -0.2) is 14.2 Å². The maximum Gasteiger partial charge on any atom is 0.388 e. The fraction of sp³-hybridized carbons (Fsp3) is 0.111. The lowest BCUT2D eigenvalue weighted by molar-refractivity contribution is -0.130. The highest BCUT2D eigenvalue weighted by atomic mass is 19.1. The summed E-state index contributed by atoms with van der Waals surface area (Å²) in [6.07, 6.45) is 0. The molecule has 0 spiro atoms. The van der Waals surface area contributed by atoms with E-state index >= 15 is 0 Å². The third kappa shape index (κ3) is 2.20. The molecule has 1 unspecified atom stereocenters. The predicted molar refractivity (Wildman–Crippen MR) is 90.6 cm³/mol. The fourth-order valence-electron chi connectivity index (χ4n) is 3.23. The molecule has 0 saturated carbocycles. The van der Waals surface area contributed by atoms with Crippen LogP contribution >= 0.6 is 0 Å². The number of primary amides is 1. The number of carbonyl (C=O) groups excluding carboxylic acids is 2. The Balaban J connectivity index is 2.37. The number of aromatic hydroxyl groups is 1. The van der Waals surface area contributed by atoms with Crippen molar-refractivity contribution < 1.29 is 19.1 Å². The van der Waals surface area contributed by atoms with Gasteiger partial charge in [0.2, 0.25) is 5.69 Å². The topological polar surface area (TPSA) is 83.6 Å². The predicted octanol–water partition coefficient (Wildman–Crippen LogP) is 2.32. The molecule has 1 heterocycles. The molecule has 0 fully saturated rings. The van der Waals surface area contributed by atoms with Crippen molar-refractivity contribution in [3.05, 3.63) is 65.6 Å². The molecular weight excluding hydrogens is 325 g/mol. The maximum absolute atomic E-state index is 14.7. The van der Waals surface area contributed by atoms with Crippen LogP contribution in [0.15, 0.2) is 59.8 Å². The van der Waals surface area contributed by atoms with Gasteiger partial charge in [-0.1, -0.05) is 22.8 Å². The number of amides is 2. The monoisotopic (exact) mass is 342 g/mol. The van der Waals surface area contributed by atoms with Crippen LogP contribution in [0.25, 0.3) is 0 Å². The highest BCUT2D eigenvalue weighted by Crippen LogP contribution is 2.45. The first-order valence-electron chi connectivity index (χ1n) is 7.55. The fourth-order valence-corrected chi connectivity index (χ4v) is 3.23. The van der Waals surface area contributed by atoms with E-state index in [0.29, 0.717) is 11.4 Å². The van der Waals surface area contributed by atoms with Crippen molar-refractivity contribution in [3.63, 3.8) is 0 Å². The first kappa shape index (κ1) is 16.7. The molecule has 3 N–H and O–H groups in total. The second-order valence-electron chi connectivity index (χ2n) is 5.76. The van der Waals surface area contributed by atoms with Crippen LogP contribution in [0.2, 0.25) is 0 Å². The number of benzene rings is 2. The first-order chi connectivity index (χ1) is 11.8. The summed E-state index contributed by atoms with van der Waals surface area (Å²) in [6, 6.07) is 12.1. The quantitative estimate of drug-likeness (QED) is 0.662. The Hall–Kier alpha value is -3.19. The number of carbonyl (C=O) groups is 2. The zero-order valence-corrected chi connectivity index (χ0v) is 13.7. The van der Waals surface area contributed by atoms with Gasteiger partial charge >= 0.3 is 5.91 Å². The number of allylic oxidation sites excluding steroid dienone is 1. The van der Waals surface area contributed by atoms with Crippen LogP contribution in [0, 0.1) is 5.82 Å². The zero-order chi connectivity index (χ0) is 18.4. The van der Waals surface area contributed by atoms with E-state index in [-0.39, 0.29) is 17.0 Å². The number of hydrogen-bond donors (Lipinski definition) is 2. The van der Waals surface area contributed by atoms with Crippen molar-refractivity contribution in [1.82, 2.24) is 9.60 Å². The van der Waals surface area contributed by atoms with Crippen molar-refractivity contribution in [3.8, 4) is 5.75 Å². The van der Waals surface area contributed by atoms with Gasteiger partial charge < -0.3 is 10.8 Å². The van der Waals surface area contributed by atoms with Gasteiger partial charge in [0.05, 0.1) is 12.7 Å². The second-order valence-corrected chi connectivity index (χ2v) is 5.76. The summed E-state index contributed by atoms with van der Waals surface area (Å²) in [6.45, 7) is 1.58. The normalized spacial score (nSPS) is 20.3. The van der Waals surface area contributed by atoms with Gasteiger partial charge in [-0.3, -0.25) is 4.79 Å². The van der Waals surface area contributed by atoms with E-state index < -0.39 is 22.2 Å². The Morgan fingerprint density at radius 2 is 1.84 bits per heavy atom. The Labute approximate surface area is 143 Å². The summed E-state index contributed by atoms with van der Waals surface area (Å²) < 4.78 is 14.1. The molecule has 1 atom stereocenters. The number of phenolic OH excluding ortho intramolecular Hbond substituents is 1. The molecule has 0 bridgehead atoms. The van der Waals surface area contributed by atoms with Gasteiger partial charge in [-0.05, 0) is 13.0 Å². The minimum atomic E-state index is -0.871. The molecule has 2 aromatic carbocycles. The smallest absolute Gasteiger partial charge is 0.388 e. The number of rotatable bonds is 3. The van der Waals surface area contributed by atoms with Crippen LogP contribution in [0.4, 0.5) is 15.8 Å². The number of para-hydroxylation sites is 1. The molecule has 2 aromatic rings. The van der Waals surface area contributed by atoms with Crippen LogP contribution in [-0.4, -0.2) is 29.0 Å². The number of quaternary nitrogens is 1. The Kier molecular flexibility index (Phi) is 3.81. The summed E-state index contributed by atoms with van der Waals surface area (Å²) in [5.74, 6) is -2.56. The number of phenols is 1. The van der Waals surface area contributed by atoms with E-state index in [1.165, 1.54) is 17.1 Å². The Bertz CT molecular complexity index is 911. The van der Waals surface area contributed by atoms with E-state index in [1.54, 1.807) is 44.3 Å². The van der Waals surface area contributed by atoms with Gasteiger partial charge in [0.1, 0.15) is 5.75 Å². The van der Waals surface area contributed by atoms with Crippen LogP contribution in [0.1, 0.15) is 6.92 Å². The summed E-state index contributed by atoms with van der Waals surface area (Å²) in [4.78, 5) is 25.1. The maximum atomic E-state index is 14.7. The van der Waals surface area contributed by atoms with E-state index in [9.17, 15) is 19.1 Å². The molecule has 7 heteroatoms. The lowest BCUT2D eigenvalue weighted by atomic mass is 10.1. The van der Waals surface area contributed by atoms with Crippen LogP contribution < -0.4 is 10.3 Å². The van der Waals surface area contributed by atoms with Gasteiger partial charge in [-0.15, -0.1) is 0 Å². The first-order valence-corrected chi connectivity index (χ1v) is 7.55. The van der Waals surface area contributed by atoms with Crippen LogP contribution in [-0.2, 0) is 9.59 Å². The molecule has 25 heavy (non-hydrogen) atoms. The van der Waals surface area contributed by atoms with Crippen molar-refractivity contribution >= 4 is 23.2 Å². The van der Waals surface area contributed by atoms with Gasteiger partial charge in [0, 0.05) is 24.3 Å². The summed E-state index contributed by atoms with van der Waals surface area (Å²) in [5.41, 5.74) is 5.97. The molecule has 0 saturated heterocycles. The summed E-state index contributed by atoms with van der Waals surface area (Å²) >= 11 is 0. The second kappa shape index (κ2) is 5.71. The molecule has 0 aliphatic carbocycles. The number of halogens is 1. The van der Waals surface area contributed by atoms with E-state index in [2.05, 4.69) is 0 Å². The zero-order valence-electron chi connectivity index (χ0n) is 13.7. The number of nitrogens with zero attached hydrogens (tertiary/aromatic N) is 2. The molecular formula is C18H17FN3O3+. The molecule has 128 valence electrons. The van der Waals surface area contributed by atoms with Crippen molar-refractivity contribution in [1.29, 1.82) is 0 Å². The van der Waals surface area contributed by atoms with E-state index in [4.69, 9.17) is 5.73 Å². The number of hydrogen-bond acceptors (Lipinski definition) is 4. The Morgan fingerprint density at radius 3 is 2.36 bits per heavy atom. The average molecular weight is 342 g/mol. The summed E-state index contributed by atoms with van der Waals surface area (Å²) in [7, 11) is 1.59. The molecule has 1 aliphatic heterocycles. The van der Waals surface area contributed by atoms with E-state index in [1.807, 2.05) is 0 Å². The lowest BCUT2D eigenvalue weighted by Crippen LogP contribution is -2.56. The van der Waals surface area contributed by atoms with E-state index in [0.717, 1.165) is 6.07 Å². The molecule has 0 radical (unpaired) electrons. The van der Waals surface area contributed by atoms with Gasteiger partial charge in [0.25, 0.3) is 5.91 Å². The average Bonchev–Trinajstić information content (AvgIpc) is 2.76. The standard InChI is InChI=1S/C18H16FN3O3/c1-11-16(17(20)24)18(25)22(21(11)2,12-6-4-3-5-7-12)15-9-8-13(23)10-14(15)19/h3-10H,1-2H3,(H2-,20,23,24)/p+1.